The molecule has 126 valence electrons. The van der Waals surface area contributed by atoms with Crippen molar-refractivity contribution in [3.05, 3.63) is 29.3 Å². The lowest BCUT2D eigenvalue weighted by molar-refractivity contribution is -0.117. The second-order valence-corrected chi connectivity index (χ2v) is 6.11. The molecule has 0 saturated heterocycles. The Kier molecular flexibility index (Phi) is 9.01. The van der Waals surface area contributed by atoms with Crippen molar-refractivity contribution >= 4 is 36.4 Å². The second kappa shape index (κ2) is 9.36. The Hall–Kier alpha value is -0.810. The molecule has 1 aliphatic rings. The van der Waals surface area contributed by atoms with Gasteiger partial charge in [0.1, 0.15) is 0 Å². The van der Waals surface area contributed by atoms with Gasteiger partial charge in [0, 0.05) is 18.8 Å². The van der Waals surface area contributed by atoms with Crippen molar-refractivity contribution in [2.24, 2.45) is 11.7 Å². The van der Waals surface area contributed by atoms with E-state index >= 15 is 0 Å². The molecule has 0 fully saturated rings. The fraction of sp³-hybridized carbons (Fsp3) is 0.562. The minimum atomic E-state index is -0.482. The van der Waals surface area contributed by atoms with Gasteiger partial charge < -0.3 is 11.1 Å². The highest BCUT2D eigenvalue weighted by atomic mass is 35.5. The maximum Gasteiger partial charge on any atom is 0.241 e. The van der Waals surface area contributed by atoms with Crippen LogP contribution in [0.2, 0.25) is 0 Å². The van der Waals surface area contributed by atoms with Gasteiger partial charge in [0.05, 0.1) is 6.04 Å². The summed E-state index contributed by atoms with van der Waals surface area (Å²) >= 11 is 0. The van der Waals surface area contributed by atoms with Gasteiger partial charge in [-0.2, -0.15) is 0 Å². The molecule has 1 unspecified atom stereocenters. The van der Waals surface area contributed by atoms with E-state index in [1.54, 1.807) is 6.92 Å². The first-order chi connectivity index (χ1) is 9.47. The molecule has 1 aromatic rings. The molecule has 0 bridgehead atoms. The summed E-state index contributed by atoms with van der Waals surface area (Å²) in [5.41, 5.74) is 9.09. The van der Waals surface area contributed by atoms with Crippen molar-refractivity contribution in [2.75, 3.05) is 11.9 Å². The Balaban J connectivity index is 0.00000220. The number of hydrogen-bond donors (Lipinski definition) is 2. The smallest absolute Gasteiger partial charge is 0.241 e. The van der Waals surface area contributed by atoms with Crippen LogP contribution < -0.4 is 11.1 Å². The first-order valence-corrected chi connectivity index (χ1v) is 7.37. The lowest BCUT2D eigenvalue weighted by Crippen LogP contribution is -2.32. The largest absolute Gasteiger partial charge is 0.324 e. The predicted molar refractivity (Wildman–Crippen MR) is 96.8 cm³/mol. The highest BCUT2D eigenvalue weighted by Crippen LogP contribution is 2.29. The summed E-state index contributed by atoms with van der Waals surface area (Å²) in [5, 5.41) is 2.94. The molecule has 1 atom stereocenters. The summed E-state index contributed by atoms with van der Waals surface area (Å²) < 4.78 is 0. The molecule has 0 aliphatic carbocycles. The number of nitrogens with zero attached hydrogens (tertiary/aromatic N) is 1. The van der Waals surface area contributed by atoms with Crippen LogP contribution in [0.25, 0.3) is 0 Å². The molecule has 0 saturated carbocycles. The van der Waals surface area contributed by atoms with Gasteiger partial charge in [-0.15, -0.1) is 24.8 Å². The average Bonchev–Trinajstić information content (AvgIpc) is 2.80. The van der Waals surface area contributed by atoms with E-state index in [4.69, 9.17) is 5.73 Å². The van der Waals surface area contributed by atoms with Crippen molar-refractivity contribution in [1.82, 2.24) is 4.90 Å². The standard InChI is InChI=1S/C16H25N3O.2ClH/c1-11(2)7-8-19-9-13-5-4-6-15(14(13)10-19)18-16(20)12(3)17;;/h4-6,11-12H,7-10,17H2,1-3H3,(H,18,20);2*1H. The van der Waals surface area contributed by atoms with Gasteiger partial charge in [-0.1, -0.05) is 26.0 Å². The van der Waals surface area contributed by atoms with Crippen LogP contribution in [-0.4, -0.2) is 23.4 Å². The molecule has 22 heavy (non-hydrogen) atoms. The zero-order valence-electron chi connectivity index (χ0n) is 13.5. The van der Waals surface area contributed by atoms with Gasteiger partial charge in [0.15, 0.2) is 0 Å². The van der Waals surface area contributed by atoms with Gasteiger partial charge in [-0.05, 0) is 43.0 Å². The van der Waals surface area contributed by atoms with Crippen molar-refractivity contribution in [3.8, 4) is 0 Å². The van der Waals surface area contributed by atoms with Crippen molar-refractivity contribution < 1.29 is 4.79 Å². The van der Waals surface area contributed by atoms with E-state index in [1.165, 1.54) is 17.5 Å². The second-order valence-electron chi connectivity index (χ2n) is 6.11. The summed E-state index contributed by atoms with van der Waals surface area (Å²) in [6.07, 6.45) is 1.20. The topological polar surface area (TPSA) is 58.4 Å². The fourth-order valence-corrected chi connectivity index (χ4v) is 2.45. The number of rotatable bonds is 5. The van der Waals surface area contributed by atoms with Crippen molar-refractivity contribution in [2.45, 2.75) is 46.3 Å². The average molecular weight is 348 g/mol. The summed E-state index contributed by atoms with van der Waals surface area (Å²) in [6.45, 7) is 9.19. The minimum Gasteiger partial charge on any atom is -0.324 e. The molecular weight excluding hydrogens is 321 g/mol. The molecule has 1 heterocycles. The Morgan fingerprint density at radius 2 is 1.95 bits per heavy atom. The minimum absolute atomic E-state index is 0. The van der Waals surface area contributed by atoms with E-state index in [0.717, 1.165) is 31.2 Å². The normalized spacial score (nSPS) is 14.8. The van der Waals surface area contributed by atoms with E-state index < -0.39 is 6.04 Å². The summed E-state index contributed by atoms with van der Waals surface area (Å²) in [7, 11) is 0. The molecule has 1 amide bonds. The molecule has 3 N–H and O–H groups in total. The maximum atomic E-state index is 11.8. The van der Waals surface area contributed by atoms with Gasteiger partial charge in [-0.25, -0.2) is 0 Å². The third kappa shape index (κ3) is 5.43. The molecule has 2 rings (SSSR count). The number of nitrogens with two attached hydrogens (primary N) is 1. The highest BCUT2D eigenvalue weighted by molar-refractivity contribution is 5.95. The van der Waals surface area contributed by atoms with Crippen LogP contribution in [0.4, 0.5) is 5.69 Å². The molecule has 0 spiro atoms. The maximum absolute atomic E-state index is 11.8. The third-order valence-corrected chi connectivity index (χ3v) is 3.74. The lowest BCUT2D eigenvalue weighted by Gasteiger charge is -2.16. The van der Waals surface area contributed by atoms with Crippen LogP contribution in [0.15, 0.2) is 18.2 Å². The number of fused-ring (bicyclic) bond motifs is 1. The Bertz CT molecular complexity index is 492. The van der Waals surface area contributed by atoms with Crippen molar-refractivity contribution in [3.63, 3.8) is 0 Å². The van der Waals surface area contributed by atoms with Gasteiger partial charge in [0.25, 0.3) is 0 Å². The number of benzene rings is 1. The molecule has 1 aromatic carbocycles. The Labute approximate surface area is 145 Å². The van der Waals surface area contributed by atoms with Crippen LogP contribution in [0.1, 0.15) is 38.3 Å². The molecular formula is C16H27Cl2N3O. The lowest BCUT2D eigenvalue weighted by atomic mass is 10.1. The SMILES string of the molecule is CC(C)CCN1Cc2cccc(NC(=O)C(C)N)c2C1.Cl.Cl. The third-order valence-electron chi connectivity index (χ3n) is 3.74. The van der Waals surface area contributed by atoms with E-state index in [-0.39, 0.29) is 30.7 Å². The predicted octanol–water partition coefficient (Wildman–Crippen LogP) is 3.18. The monoisotopic (exact) mass is 347 g/mol. The molecule has 1 aliphatic heterocycles. The van der Waals surface area contributed by atoms with Crippen LogP contribution >= 0.6 is 24.8 Å². The Morgan fingerprint density at radius 1 is 1.27 bits per heavy atom. The van der Waals surface area contributed by atoms with Crippen molar-refractivity contribution in [1.29, 1.82) is 0 Å². The van der Waals surface area contributed by atoms with Gasteiger partial charge in [0.2, 0.25) is 5.91 Å². The quantitative estimate of drug-likeness (QED) is 0.859. The number of carbonyl (C=O) groups excluding carboxylic acids is 1. The van der Waals surface area contributed by atoms with E-state index in [0.29, 0.717) is 0 Å². The van der Waals surface area contributed by atoms with Gasteiger partial charge in [-0.3, -0.25) is 9.69 Å². The van der Waals surface area contributed by atoms with Crippen LogP contribution in [-0.2, 0) is 17.9 Å². The van der Waals surface area contributed by atoms with E-state index in [9.17, 15) is 4.79 Å². The highest BCUT2D eigenvalue weighted by Gasteiger charge is 2.22. The van der Waals surface area contributed by atoms with Crippen LogP contribution in [0.5, 0.6) is 0 Å². The summed E-state index contributed by atoms with van der Waals surface area (Å²) in [5.74, 6) is 0.593. The molecule has 4 nitrogen and oxygen atoms in total. The zero-order valence-corrected chi connectivity index (χ0v) is 15.1. The van der Waals surface area contributed by atoms with Crippen LogP contribution in [0.3, 0.4) is 0 Å². The summed E-state index contributed by atoms with van der Waals surface area (Å²) in [4.78, 5) is 14.2. The van der Waals surface area contributed by atoms with E-state index in [2.05, 4.69) is 30.1 Å². The Morgan fingerprint density at radius 3 is 2.55 bits per heavy atom. The first kappa shape index (κ1) is 21.2. The number of nitrogens with one attached hydrogen (secondary N) is 1. The molecule has 0 radical (unpaired) electrons. The van der Waals surface area contributed by atoms with E-state index in [1.807, 2.05) is 12.1 Å². The number of amides is 1. The number of hydrogen-bond acceptors (Lipinski definition) is 3. The number of halogens is 2. The molecule has 0 aromatic heterocycles. The van der Waals surface area contributed by atoms with Gasteiger partial charge >= 0.3 is 0 Å². The number of anilines is 1. The fourth-order valence-electron chi connectivity index (χ4n) is 2.45. The summed E-state index contributed by atoms with van der Waals surface area (Å²) in [6, 6.07) is 5.63. The zero-order chi connectivity index (χ0) is 14.7. The first-order valence-electron chi connectivity index (χ1n) is 7.37. The number of carbonyl (C=O) groups is 1. The molecule has 6 heteroatoms. The van der Waals surface area contributed by atoms with Crippen LogP contribution in [0, 0.1) is 5.92 Å².